The Hall–Kier alpha value is -1.38. The van der Waals surface area contributed by atoms with Gasteiger partial charge in [0.15, 0.2) is 11.9 Å². The second-order valence-electron chi connectivity index (χ2n) is 2.46. The Morgan fingerprint density at radius 1 is 1.55 bits per heavy atom. The Morgan fingerprint density at radius 3 is 2.64 bits per heavy atom. The zero-order valence-corrected chi connectivity index (χ0v) is 6.50. The summed E-state index contributed by atoms with van der Waals surface area (Å²) in [7, 11) is 1.79. The van der Waals surface area contributed by atoms with E-state index < -0.39 is 5.97 Å². The van der Waals surface area contributed by atoms with Crippen LogP contribution in [0.5, 0.6) is 0 Å². The molecule has 0 saturated heterocycles. The Morgan fingerprint density at radius 2 is 2.18 bits per heavy atom. The minimum Gasteiger partial charge on any atom is -0.545 e. The van der Waals surface area contributed by atoms with Gasteiger partial charge in [0.2, 0.25) is 0 Å². The van der Waals surface area contributed by atoms with Gasteiger partial charge in [-0.05, 0) is 6.07 Å². The lowest BCUT2D eigenvalue weighted by Gasteiger charge is -1.99. The Labute approximate surface area is 64.9 Å². The van der Waals surface area contributed by atoms with Crippen molar-refractivity contribution in [3.05, 3.63) is 29.6 Å². The summed E-state index contributed by atoms with van der Waals surface area (Å²) >= 11 is 0. The summed E-state index contributed by atoms with van der Waals surface area (Å²) < 4.78 is 1.74. The number of carbonyl (C=O) groups excluding carboxylic acids is 1. The molecule has 3 heteroatoms. The largest absolute Gasteiger partial charge is 0.545 e. The van der Waals surface area contributed by atoms with Crippen molar-refractivity contribution in [1.29, 1.82) is 0 Å². The predicted octanol–water partition coefficient (Wildman–Crippen LogP) is -0.817. The molecule has 1 rings (SSSR count). The van der Waals surface area contributed by atoms with E-state index >= 15 is 0 Å². The van der Waals surface area contributed by atoms with Crippen LogP contribution in [0.25, 0.3) is 0 Å². The van der Waals surface area contributed by atoms with E-state index in [0.29, 0.717) is 0 Å². The van der Waals surface area contributed by atoms with Gasteiger partial charge in [-0.3, -0.25) is 0 Å². The summed E-state index contributed by atoms with van der Waals surface area (Å²) in [5.74, 6) is -1.14. The summed E-state index contributed by atoms with van der Waals surface area (Å²) in [6.45, 7) is 1.90. The summed E-state index contributed by atoms with van der Waals surface area (Å²) in [5.41, 5.74) is 1.22. The average molecular weight is 151 g/mol. The van der Waals surface area contributed by atoms with Gasteiger partial charge in [0.05, 0.1) is 11.5 Å². The Kier molecular flexibility index (Phi) is 1.89. The number of aromatic nitrogens is 1. The topological polar surface area (TPSA) is 44.0 Å². The van der Waals surface area contributed by atoms with Crippen molar-refractivity contribution in [1.82, 2.24) is 0 Å². The molecular formula is C8H9NO2. The average Bonchev–Trinajstić information content (AvgIpc) is 1.94. The number of aryl methyl sites for hydroxylation is 2. The second kappa shape index (κ2) is 2.70. The molecule has 58 valence electrons. The first-order valence-electron chi connectivity index (χ1n) is 3.29. The number of hydrogen-bond donors (Lipinski definition) is 0. The maximum Gasteiger partial charge on any atom is 0.177 e. The quantitative estimate of drug-likeness (QED) is 0.492. The lowest BCUT2D eigenvalue weighted by molar-refractivity contribution is -0.677. The molecule has 1 aromatic heterocycles. The molecule has 3 nitrogen and oxygen atoms in total. The molecule has 0 fully saturated rings. The van der Waals surface area contributed by atoms with Crippen LogP contribution in [0.2, 0.25) is 0 Å². The Bertz CT molecular complexity index is 294. The highest BCUT2D eigenvalue weighted by Crippen LogP contribution is 1.94. The fraction of sp³-hybridized carbons (Fsp3) is 0.250. The third-order valence-electron chi connectivity index (χ3n) is 1.63. The van der Waals surface area contributed by atoms with E-state index in [2.05, 4.69) is 0 Å². The number of aromatic carboxylic acids is 1. The molecule has 0 aromatic carbocycles. The Balaban J connectivity index is 3.15. The first-order chi connectivity index (χ1) is 5.11. The molecule has 1 heterocycles. The summed E-state index contributed by atoms with van der Waals surface area (Å²) in [6, 6.07) is 3.27. The van der Waals surface area contributed by atoms with Crippen molar-refractivity contribution >= 4 is 5.97 Å². The zero-order valence-electron chi connectivity index (χ0n) is 6.50. The highest BCUT2D eigenvalue weighted by Gasteiger charge is 2.01. The minimum atomic E-state index is -1.14. The molecule has 0 aliphatic heterocycles. The van der Waals surface area contributed by atoms with Crippen molar-refractivity contribution in [3.8, 4) is 0 Å². The van der Waals surface area contributed by atoms with Crippen LogP contribution in [0, 0.1) is 6.92 Å². The van der Waals surface area contributed by atoms with Crippen LogP contribution in [0.3, 0.4) is 0 Å². The molecule has 0 aliphatic carbocycles. The molecule has 0 atom stereocenters. The number of carboxylic acids is 1. The van der Waals surface area contributed by atoms with Gasteiger partial charge in [-0.15, -0.1) is 0 Å². The standard InChI is InChI=1S/C8H9NO2/c1-6-3-4-7(8(10)11)5-9(6)2/h3-5H,1-2H3. The maximum atomic E-state index is 10.3. The van der Waals surface area contributed by atoms with Gasteiger partial charge in [0.1, 0.15) is 7.05 Å². The number of nitrogens with zero attached hydrogens (tertiary/aromatic N) is 1. The molecule has 0 N–H and O–H groups in total. The molecule has 0 aliphatic rings. The number of rotatable bonds is 1. The van der Waals surface area contributed by atoms with Crippen LogP contribution in [0.4, 0.5) is 0 Å². The van der Waals surface area contributed by atoms with Crippen LogP contribution >= 0.6 is 0 Å². The maximum absolute atomic E-state index is 10.3. The molecule has 0 saturated carbocycles. The third kappa shape index (κ3) is 1.55. The minimum absolute atomic E-state index is 0.207. The first kappa shape index (κ1) is 7.72. The highest BCUT2D eigenvalue weighted by atomic mass is 16.4. The molecule has 11 heavy (non-hydrogen) atoms. The number of carbonyl (C=O) groups is 1. The predicted molar refractivity (Wildman–Crippen MR) is 36.7 cm³/mol. The van der Waals surface area contributed by atoms with E-state index in [1.807, 2.05) is 6.92 Å². The van der Waals surface area contributed by atoms with Crippen LogP contribution < -0.4 is 9.67 Å². The van der Waals surface area contributed by atoms with E-state index in [9.17, 15) is 9.90 Å². The molecule has 0 spiro atoms. The molecule has 0 radical (unpaired) electrons. The van der Waals surface area contributed by atoms with E-state index in [1.165, 1.54) is 12.3 Å². The van der Waals surface area contributed by atoms with E-state index in [0.717, 1.165) is 5.69 Å². The van der Waals surface area contributed by atoms with Crippen molar-refractivity contribution < 1.29 is 14.5 Å². The van der Waals surface area contributed by atoms with E-state index in [4.69, 9.17) is 0 Å². The lowest BCUT2D eigenvalue weighted by Crippen LogP contribution is -2.34. The number of carboxylic acid groups (broad SMARTS) is 1. The smallest absolute Gasteiger partial charge is 0.177 e. The highest BCUT2D eigenvalue weighted by molar-refractivity contribution is 5.84. The van der Waals surface area contributed by atoms with Crippen molar-refractivity contribution in [2.24, 2.45) is 7.05 Å². The van der Waals surface area contributed by atoms with Crippen LogP contribution in [-0.4, -0.2) is 5.97 Å². The monoisotopic (exact) mass is 151 g/mol. The second-order valence-corrected chi connectivity index (χ2v) is 2.46. The van der Waals surface area contributed by atoms with E-state index in [-0.39, 0.29) is 5.56 Å². The van der Waals surface area contributed by atoms with E-state index in [1.54, 1.807) is 17.7 Å². The summed E-state index contributed by atoms with van der Waals surface area (Å²) in [5, 5.41) is 10.3. The van der Waals surface area contributed by atoms with Crippen molar-refractivity contribution in [2.75, 3.05) is 0 Å². The van der Waals surface area contributed by atoms with Gasteiger partial charge < -0.3 is 9.90 Å². The summed E-state index contributed by atoms with van der Waals surface area (Å²) in [4.78, 5) is 10.3. The molecular weight excluding hydrogens is 142 g/mol. The fourth-order valence-corrected chi connectivity index (χ4v) is 0.802. The van der Waals surface area contributed by atoms with Crippen LogP contribution in [0.15, 0.2) is 18.3 Å². The van der Waals surface area contributed by atoms with Gasteiger partial charge in [-0.1, -0.05) is 0 Å². The molecule has 0 unspecified atom stereocenters. The zero-order chi connectivity index (χ0) is 8.43. The van der Waals surface area contributed by atoms with Crippen molar-refractivity contribution in [2.45, 2.75) is 6.92 Å². The third-order valence-corrected chi connectivity index (χ3v) is 1.63. The normalized spacial score (nSPS) is 9.64. The lowest BCUT2D eigenvalue weighted by atomic mass is 10.2. The SMILES string of the molecule is Cc1ccc(C(=O)[O-])c[n+]1C. The molecule has 0 amide bonds. The van der Waals surface area contributed by atoms with Gasteiger partial charge >= 0.3 is 0 Å². The van der Waals surface area contributed by atoms with Gasteiger partial charge in [0.25, 0.3) is 0 Å². The van der Waals surface area contributed by atoms with Crippen molar-refractivity contribution in [3.63, 3.8) is 0 Å². The summed E-state index contributed by atoms with van der Waals surface area (Å²) in [6.07, 6.45) is 1.53. The molecule has 0 bridgehead atoms. The van der Waals surface area contributed by atoms with Gasteiger partial charge in [-0.2, -0.15) is 0 Å². The molecule has 1 aromatic rings. The van der Waals surface area contributed by atoms with Crippen LogP contribution in [-0.2, 0) is 7.05 Å². The first-order valence-corrected chi connectivity index (χ1v) is 3.29. The van der Waals surface area contributed by atoms with Gasteiger partial charge in [-0.25, -0.2) is 4.57 Å². The van der Waals surface area contributed by atoms with Crippen LogP contribution in [0.1, 0.15) is 16.1 Å². The number of hydrogen-bond acceptors (Lipinski definition) is 2. The fourth-order valence-electron chi connectivity index (χ4n) is 0.802. The van der Waals surface area contributed by atoms with Gasteiger partial charge in [0, 0.05) is 13.0 Å². The number of pyridine rings is 1.